The van der Waals surface area contributed by atoms with Gasteiger partial charge in [0.15, 0.2) is 12.4 Å². The van der Waals surface area contributed by atoms with Crippen LogP contribution in [0.3, 0.4) is 0 Å². The van der Waals surface area contributed by atoms with Crippen LogP contribution < -0.4 is 0 Å². The predicted octanol–water partition coefficient (Wildman–Crippen LogP) is 12.3. The molecule has 0 spiro atoms. The zero-order valence-corrected chi connectivity index (χ0v) is 42.6. The summed E-state index contributed by atoms with van der Waals surface area (Å²) in [6.07, 6.45) is 40.7. The third-order valence-electron chi connectivity index (χ3n) is 12.5. The Balaban J connectivity index is 2.35. The SMILES string of the molecule is CCCCCCC/C=C\C/C=C\CCCCCCCCCCCC(=O)OC(COC(=O)CCCCCCCCCCCCCCCCCCC)COC1OC(CS(=O)(=O)O)C(O)C(O)C1O. The molecule has 0 aromatic heterocycles. The molecule has 6 atom stereocenters. The van der Waals surface area contributed by atoms with E-state index in [1.54, 1.807) is 0 Å². The molecule has 388 valence electrons. The fraction of sp³-hybridized carbons (Fsp3) is 0.887. The van der Waals surface area contributed by atoms with Gasteiger partial charge in [-0.2, -0.15) is 8.42 Å². The number of hydrogen-bond acceptors (Lipinski definition) is 11. The first-order valence-electron chi connectivity index (χ1n) is 26.9. The summed E-state index contributed by atoms with van der Waals surface area (Å²) >= 11 is 0. The van der Waals surface area contributed by atoms with Crippen LogP contribution in [0.25, 0.3) is 0 Å². The summed E-state index contributed by atoms with van der Waals surface area (Å²) in [4.78, 5) is 25.6. The van der Waals surface area contributed by atoms with Crippen molar-refractivity contribution in [2.24, 2.45) is 0 Å². The van der Waals surface area contributed by atoms with Crippen LogP contribution in [0.4, 0.5) is 0 Å². The molecule has 6 unspecified atom stereocenters. The highest BCUT2D eigenvalue weighted by Gasteiger charge is 2.46. The normalized spacial score (nSPS) is 19.5. The standard InChI is InChI=1S/C53H98O12S/c1-3-5-7-9-11-13-15-17-19-21-22-23-24-26-28-30-32-34-36-38-40-42-49(55)64-46(44-63-53-52(58)51(57)50(56)47(65-53)45-66(59,60)61)43-62-48(54)41-39-37-35-33-31-29-27-25-20-18-16-14-12-10-8-6-4-2/h15,17,21-22,46-47,50-53,56-58H,3-14,16,18-20,23-45H2,1-2H3,(H,59,60,61)/b17-15-,22-21-. The summed E-state index contributed by atoms with van der Waals surface area (Å²) in [6, 6.07) is 0. The van der Waals surface area contributed by atoms with Gasteiger partial charge in [0.2, 0.25) is 0 Å². The molecular weight excluding hydrogens is 861 g/mol. The average molecular weight is 959 g/mol. The van der Waals surface area contributed by atoms with Crippen LogP contribution in [0.5, 0.6) is 0 Å². The molecule has 66 heavy (non-hydrogen) atoms. The Morgan fingerprint density at radius 1 is 0.515 bits per heavy atom. The van der Waals surface area contributed by atoms with E-state index < -0.39 is 71.2 Å². The van der Waals surface area contributed by atoms with Crippen molar-refractivity contribution in [2.75, 3.05) is 19.0 Å². The molecule has 12 nitrogen and oxygen atoms in total. The molecule has 0 amide bonds. The van der Waals surface area contributed by atoms with Gasteiger partial charge in [-0.1, -0.05) is 212 Å². The maximum atomic E-state index is 12.9. The lowest BCUT2D eigenvalue weighted by molar-refractivity contribution is -0.297. The maximum Gasteiger partial charge on any atom is 0.306 e. The lowest BCUT2D eigenvalue weighted by Gasteiger charge is -2.40. The highest BCUT2D eigenvalue weighted by atomic mass is 32.2. The molecule has 0 bridgehead atoms. The highest BCUT2D eigenvalue weighted by Crippen LogP contribution is 2.24. The Kier molecular flexibility index (Phi) is 40.7. The Hall–Kier alpha value is -1.87. The third-order valence-corrected chi connectivity index (χ3v) is 13.3. The summed E-state index contributed by atoms with van der Waals surface area (Å²) in [5.74, 6) is -1.97. The van der Waals surface area contributed by atoms with E-state index in [2.05, 4.69) is 38.2 Å². The molecule has 0 aliphatic carbocycles. The Morgan fingerprint density at radius 2 is 0.909 bits per heavy atom. The molecule has 0 aromatic rings. The molecule has 1 fully saturated rings. The van der Waals surface area contributed by atoms with E-state index in [0.29, 0.717) is 12.8 Å². The van der Waals surface area contributed by atoms with Gasteiger partial charge in [0.25, 0.3) is 10.1 Å². The first kappa shape index (κ1) is 62.1. The number of unbranched alkanes of at least 4 members (excludes halogenated alkanes) is 30. The molecule has 1 rings (SSSR count). The minimum Gasteiger partial charge on any atom is -0.462 e. The number of aliphatic hydroxyl groups is 3. The monoisotopic (exact) mass is 959 g/mol. The van der Waals surface area contributed by atoms with E-state index in [1.807, 2.05) is 0 Å². The molecule has 13 heteroatoms. The van der Waals surface area contributed by atoms with Crippen LogP contribution in [-0.4, -0.2) is 96.0 Å². The largest absolute Gasteiger partial charge is 0.462 e. The second-order valence-electron chi connectivity index (χ2n) is 18.9. The third kappa shape index (κ3) is 37.1. The van der Waals surface area contributed by atoms with Crippen molar-refractivity contribution in [3.8, 4) is 0 Å². The Morgan fingerprint density at radius 3 is 1.33 bits per heavy atom. The van der Waals surface area contributed by atoms with E-state index in [1.165, 1.54) is 154 Å². The summed E-state index contributed by atoms with van der Waals surface area (Å²) in [6.45, 7) is 3.79. The Labute approximate surface area is 402 Å². The molecule has 1 saturated heterocycles. The smallest absolute Gasteiger partial charge is 0.306 e. The summed E-state index contributed by atoms with van der Waals surface area (Å²) < 4.78 is 54.3. The second kappa shape index (κ2) is 43.2. The van der Waals surface area contributed by atoms with Crippen LogP contribution in [0.15, 0.2) is 24.3 Å². The number of aliphatic hydroxyl groups excluding tert-OH is 3. The Bertz CT molecular complexity index is 1310. The van der Waals surface area contributed by atoms with Gasteiger partial charge in [-0.05, 0) is 44.9 Å². The molecule has 0 saturated carbocycles. The molecule has 1 heterocycles. The summed E-state index contributed by atoms with van der Waals surface area (Å²) in [7, 11) is -4.60. The fourth-order valence-electron chi connectivity index (χ4n) is 8.36. The van der Waals surface area contributed by atoms with Gasteiger partial charge in [-0.3, -0.25) is 14.1 Å². The number of esters is 2. The fourth-order valence-corrected chi connectivity index (χ4v) is 9.05. The van der Waals surface area contributed by atoms with Gasteiger partial charge in [0.05, 0.1) is 6.61 Å². The molecule has 1 aliphatic rings. The molecule has 1 aliphatic heterocycles. The first-order chi connectivity index (χ1) is 32.0. The van der Waals surface area contributed by atoms with Gasteiger partial charge in [0, 0.05) is 12.8 Å². The van der Waals surface area contributed by atoms with Crippen molar-refractivity contribution in [1.82, 2.24) is 0 Å². The summed E-state index contributed by atoms with van der Waals surface area (Å²) in [5, 5.41) is 31.0. The first-order valence-corrected chi connectivity index (χ1v) is 28.5. The lowest BCUT2D eigenvalue weighted by Crippen LogP contribution is -2.60. The van der Waals surface area contributed by atoms with Gasteiger partial charge in [0.1, 0.15) is 36.8 Å². The van der Waals surface area contributed by atoms with Crippen molar-refractivity contribution in [1.29, 1.82) is 0 Å². The van der Waals surface area contributed by atoms with Gasteiger partial charge in [-0.25, -0.2) is 0 Å². The van der Waals surface area contributed by atoms with E-state index in [9.17, 15) is 37.9 Å². The van der Waals surface area contributed by atoms with Crippen molar-refractivity contribution < 1.29 is 56.8 Å². The van der Waals surface area contributed by atoms with Crippen molar-refractivity contribution >= 4 is 22.1 Å². The number of allylic oxidation sites excluding steroid dienone is 4. The van der Waals surface area contributed by atoms with Gasteiger partial charge < -0.3 is 34.3 Å². The lowest BCUT2D eigenvalue weighted by atomic mass is 10.00. The second-order valence-corrected chi connectivity index (χ2v) is 20.4. The minimum absolute atomic E-state index is 0.163. The van der Waals surface area contributed by atoms with Gasteiger partial charge in [-0.15, -0.1) is 0 Å². The van der Waals surface area contributed by atoms with E-state index in [4.69, 9.17) is 18.9 Å². The van der Waals surface area contributed by atoms with Crippen LogP contribution in [0, 0.1) is 0 Å². The molecule has 0 radical (unpaired) electrons. The number of carbonyl (C=O) groups excluding carboxylic acids is 2. The van der Waals surface area contributed by atoms with E-state index in [0.717, 1.165) is 51.4 Å². The van der Waals surface area contributed by atoms with Crippen molar-refractivity contribution in [3.63, 3.8) is 0 Å². The van der Waals surface area contributed by atoms with Crippen LogP contribution in [0.2, 0.25) is 0 Å². The number of carbonyl (C=O) groups is 2. The topological polar surface area (TPSA) is 186 Å². The van der Waals surface area contributed by atoms with Crippen LogP contribution in [0.1, 0.15) is 245 Å². The average Bonchev–Trinajstić information content (AvgIpc) is 3.28. The van der Waals surface area contributed by atoms with Gasteiger partial charge >= 0.3 is 11.9 Å². The minimum atomic E-state index is -4.60. The molecule has 0 aromatic carbocycles. The quantitative estimate of drug-likeness (QED) is 0.0196. The molecular formula is C53H98O12S. The van der Waals surface area contributed by atoms with Crippen LogP contribution >= 0.6 is 0 Å². The number of ether oxygens (including phenoxy) is 4. The zero-order valence-electron chi connectivity index (χ0n) is 41.8. The van der Waals surface area contributed by atoms with Crippen molar-refractivity contribution in [3.05, 3.63) is 24.3 Å². The van der Waals surface area contributed by atoms with E-state index >= 15 is 0 Å². The predicted molar refractivity (Wildman–Crippen MR) is 266 cm³/mol. The highest BCUT2D eigenvalue weighted by molar-refractivity contribution is 7.85. The van der Waals surface area contributed by atoms with E-state index in [-0.39, 0.29) is 19.4 Å². The molecule has 4 N–H and O–H groups in total. The maximum absolute atomic E-state index is 12.9. The number of rotatable bonds is 46. The summed E-state index contributed by atoms with van der Waals surface area (Å²) in [5.41, 5.74) is 0. The van der Waals surface area contributed by atoms with Crippen LogP contribution in [-0.2, 0) is 38.7 Å². The zero-order chi connectivity index (χ0) is 48.4. The number of hydrogen-bond donors (Lipinski definition) is 4. The van der Waals surface area contributed by atoms with Crippen molar-refractivity contribution in [2.45, 2.75) is 282 Å².